The van der Waals surface area contributed by atoms with Gasteiger partial charge in [0.2, 0.25) is 5.89 Å². The minimum Gasteiger partial charge on any atom is -0.415 e. The van der Waals surface area contributed by atoms with Crippen LogP contribution in [0.5, 0.6) is 0 Å². The van der Waals surface area contributed by atoms with Crippen molar-refractivity contribution in [1.29, 1.82) is 0 Å². The topological polar surface area (TPSA) is 63.3 Å². The van der Waals surface area contributed by atoms with Crippen molar-refractivity contribution in [3.8, 4) is 11.5 Å². The van der Waals surface area contributed by atoms with Gasteiger partial charge in [-0.1, -0.05) is 0 Å². The first-order valence-corrected chi connectivity index (χ1v) is 5.23. The lowest BCUT2D eigenvalue weighted by molar-refractivity contribution is 0.116. The maximum Gasteiger partial charge on any atom is 0.314 e. The lowest BCUT2D eigenvalue weighted by atomic mass is 10.1. The number of nitrogens with zero attached hydrogens (tertiary/aromatic N) is 3. The summed E-state index contributed by atoms with van der Waals surface area (Å²) in [6.45, 7) is 0. The van der Waals surface area contributed by atoms with Gasteiger partial charge >= 0.3 is 6.43 Å². The number of alkyl halides is 2. The van der Waals surface area contributed by atoms with E-state index >= 15 is 0 Å². The molecule has 1 N–H and O–H groups in total. The van der Waals surface area contributed by atoms with Crippen molar-refractivity contribution in [2.45, 2.75) is 6.43 Å². The molecule has 0 saturated heterocycles. The molecule has 19 heavy (non-hydrogen) atoms. The molecule has 0 unspecified atom stereocenters. The van der Waals surface area contributed by atoms with Gasteiger partial charge in [-0.15, -0.1) is 10.2 Å². The Kier molecular flexibility index (Phi) is 3.79. The third-order valence-corrected chi connectivity index (χ3v) is 2.21. The number of nitrogens with one attached hydrogen (secondary N) is 1. The van der Waals surface area contributed by atoms with E-state index < -0.39 is 18.1 Å². The quantitative estimate of drug-likeness (QED) is 0.684. The van der Waals surface area contributed by atoms with Crippen LogP contribution < -0.4 is 5.43 Å². The molecule has 8 heteroatoms. The van der Waals surface area contributed by atoms with Crippen molar-refractivity contribution in [2.75, 3.05) is 7.05 Å². The van der Waals surface area contributed by atoms with Crippen LogP contribution in [0.3, 0.4) is 0 Å². The van der Waals surface area contributed by atoms with E-state index in [4.69, 9.17) is 4.42 Å². The van der Waals surface area contributed by atoms with Crippen molar-refractivity contribution in [2.24, 2.45) is 5.10 Å². The Morgan fingerprint density at radius 1 is 1.37 bits per heavy atom. The molecule has 1 aromatic carbocycles. The van der Waals surface area contributed by atoms with Crippen LogP contribution in [0.15, 0.2) is 27.7 Å². The standard InChI is InChI=1S/C11H9F3N4O/c1-15-16-5-7-3-2-6(4-8(7)12)10-17-18-11(19-10)9(13)14/h2-5,9,15H,1H3/b16-5+. The van der Waals surface area contributed by atoms with Gasteiger partial charge in [0.15, 0.2) is 0 Å². The molecular weight excluding hydrogens is 261 g/mol. The van der Waals surface area contributed by atoms with Gasteiger partial charge in [-0.2, -0.15) is 13.9 Å². The van der Waals surface area contributed by atoms with Gasteiger partial charge < -0.3 is 9.84 Å². The Morgan fingerprint density at radius 3 is 2.74 bits per heavy atom. The fourth-order valence-electron chi connectivity index (χ4n) is 1.34. The Labute approximate surface area is 106 Å². The highest BCUT2D eigenvalue weighted by atomic mass is 19.3. The first kappa shape index (κ1) is 13.1. The number of benzene rings is 1. The van der Waals surface area contributed by atoms with E-state index in [2.05, 4.69) is 20.7 Å². The van der Waals surface area contributed by atoms with Crippen LogP contribution in [0.1, 0.15) is 17.9 Å². The average Bonchev–Trinajstić information content (AvgIpc) is 2.87. The normalized spacial score (nSPS) is 11.4. The van der Waals surface area contributed by atoms with Crippen LogP contribution in [0.4, 0.5) is 13.2 Å². The maximum atomic E-state index is 13.7. The molecule has 0 aliphatic carbocycles. The summed E-state index contributed by atoms with van der Waals surface area (Å²) in [4.78, 5) is 0. The Morgan fingerprint density at radius 2 is 2.16 bits per heavy atom. The summed E-state index contributed by atoms with van der Waals surface area (Å²) < 4.78 is 43.0. The zero-order valence-electron chi connectivity index (χ0n) is 9.77. The molecule has 0 amide bonds. The number of rotatable bonds is 4. The molecule has 5 nitrogen and oxygen atoms in total. The summed E-state index contributed by atoms with van der Waals surface area (Å²) in [6, 6.07) is 4.01. The van der Waals surface area contributed by atoms with E-state index in [0.717, 1.165) is 6.07 Å². The molecule has 0 aliphatic heterocycles. The van der Waals surface area contributed by atoms with Crippen LogP contribution >= 0.6 is 0 Å². The smallest absolute Gasteiger partial charge is 0.314 e. The number of hydrogen-bond donors (Lipinski definition) is 1. The zero-order valence-corrected chi connectivity index (χ0v) is 9.77. The van der Waals surface area contributed by atoms with Crippen LogP contribution in [0.25, 0.3) is 11.5 Å². The molecule has 100 valence electrons. The fraction of sp³-hybridized carbons (Fsp3) is 0.182. The van der Waals surface area contributed by atoms with Crippen LogP contribution in [0.2, 0.25) is 0 Å². The first-order chi connectivity index (χ1) is 9.11. The molecule has 0 atom stereocenters. The number of hydrazone groups is 1. The molecule has 0 spiro atoms. The van der Waals surface area contributed by atoms with Gasteiger partial charge in [0, 0.05) is 18.2 Å². The fourth-order valence-corrected chi connectivity index (χ4v) is 1.34. The van der Waals surface area contributed by atoms with Gasteiger partial charge in [0.05, 0.1) is 6.21 Å². The van der Waals surface area contributed by atoms with Gasteiger partial charge in [-0.3, -0.25) is 0 Å². The lowest BCUT2D eigenvalue weighted by Crippen LogP contribution is -1.96. The van der Waals surface area contributed by atoms with Crippen molar-refractivity contribution in [1.82, 2.24) is 15.6 Å². The molecule has 0 fully saturated rings. The Balaban J connectivity index is 2.30. The van der Waals surface area contributed by atoms with Gasteiger partial charge in [-0.05, 0) is 18.2 Å². The summed E-state index contributed by atoms with van der Waals surface area (Å²) in [6.07, 6.45) is -1.56. The minimum atomic E-state index is -2.85. The maximum absolute atomic E-state index is 13.7. The SMILES string of the molecule is CN/N=C/c1ccc(-c2nnc(C(F)F)o2)cc1F. The molecular formula is C11H9F3N4O. The Hall–Kier alpha value is -2.38. The highest BCUT2D eigenvalue weighted by molar-refractivity contribution is 5.80. The van der Waals surface area contributed by atoms with Gasteiger partial charge in [0.25, 0.3) is 5.89 Å². The second-order valence-corrected chi connectivity index (χ2v) is 3.46. The molecule has 0 radical (unpaired) electrons. The van der Waals surface area contributed by atoms with E-state index in [0.29, 0.717) is 0 Å². The van der Waals surface area contributed by atoms with Gasteiger partial charge in [0.1, 0.15) is 5.82 Å². The average molecular weight is 270 g/mol. The van der Waals surface area contributed by atoms with Crippen LogP contribution in [0, 0.1) is 5.82 Å². The molecule has 1 heterocycles. The largest absolute Gasteiger partial charge is 0.415 e. The third-order valence-electron chi connectivity index (χ3n) is 2.21. The summed E-state index contributed by atoms with van der Waals surface area (Å²) in [5.74, 6) is -1.53. The van der Waals surface area contributed by atoms with E-state index in [1.165, 1.54) is 18.3 Å². The molecule has 0 saturated carbocycles. The third kappa shape index (κ3) is 2.90. The summed E-state index contributed by atoms with van der Waals surface area (Å²) >= 11 is 0. The molecule has 1 aromatic heterocycles. The zero-order chi connectivity index (χ0) is 13.8. The second kappa shape index (κ2) is 5.51. The number of aromatic nitrogens is 2. The Bertz CT molecular complexity index is 597. The van der Waals surface area contributed by atoms with Crippen molar-refractivity contribution < 1.29 is 17.6 Å². The van der Waals surface area contributed by atoms with E-state index in [-0.39, 0.29) is 17.0 Å². The van der Waals surface area contributed by atoms with E-state index in [9.17, 15) is 13.2 Å². The van der Waals surface area contributed by atoms with Crippen LogP contribution in [-0.2, 0) is 0 Å². The van der Waals surface area contributed by atoms with E-state index in [1.54, 1.807) is 7.05 Å². The first-order valence-electron chi connectivity index (χ1n) is 5.23. The minimum absolute atomic E-state index is 0.161. The number of halogens is 3. The van der Waals surface area contributed by atoms with Gasteiger partial charge in [-0.25, -0.2) is 4.39 Å². The summed E-state index contributed by atoms with van der Waals surface area (Å²) in [5.41, 5.74) is 2.95. The summed E-state index contributed by atoms with van der Waals surface area (Å²) in [5, 5.41) is 10.3. The molecule has 0 aliphatic rings. The van der Waals surface area contributed by atoms with Crippen molar-refractivity contribution in [3.05, 3.63) is 35.5 Å². The van der Waals surface area contributed by atoms with Crippen molar-refractivity contribution >= 4 is 6.21 Å². The summed E-state index contributed by atoms with van der Waals surface area (Å²) in [7, 11) is 1.58. The van der Waals surface area contributed by atoms with Crippen LogP contribution in [-0.4, -0.2) is 23.5 Å². The predicted octanol–water partition coefficient (Wildman–Crippen LogP) is 2.37. The van der Waals surface area contributed by atoms with E-state index in [1.807, 2.05) is 0 Å². The predicted molar refractivity (Wildman–Crippen MR) is 61.3 cm³/mol. The molecule has 2 aromatic rings. The van der Waals surface area contributed by atoms with Crippen molar-refractivity contribution in [3.63, 3.8) is 0 Å². The highest BCUT2D eigenvalue weighted by Gasteiger charge is 2.17. The lowest BCUT2D eigenvalue weighted by Gasteiger charge is -1.99. The molecule has 2 rings (SSSR count). The molecule has 0 bridgehead atoms. The highest BCUT2D eigenvalue weighted by Crippen LogP contribution is 2.24. The number of hydrogen-bond acceptors (Lipinski definition) is 5. The monoisotopic (exact) mass is 270 g/mol. The second-order valence-electron chi connectivity index (χ2n) is 3.46.